The third-order valence-corrected chi connectivity index (χ3v) is 5.48. The molecule has 3 aromatic rings. The van der Waals surface area contributed by atoms with Gasteiger partial charge in [-0.05, 0) is 12.1 Å². The highest BCUT2D eigenvalue weighted by Crippen LogP contribution is 2.27. The lowest BCUT2D eigenvalue weighted by atomic mass is 9.96. The van der Waals surface area contributed by atoms with Crippen LogP contribution < -0.4 is 16.6 Å². The summed E-state index contributed by atoms with van der Waals surface area (Å²) in [7, 11) is 2.83. The van der Waals surface area contributed by atoms with E-state index in [0.29, 0.717) is 5.82 Å². The highest BCUT2D eigenvalue weighted by Gasteiger charge is 2.24. The number of benzene rings is 1. The molecule has 8 nitrogen and oxygen atoms in total. The Kier molecular flexibility index (Phi) is 5.99. The molecule has 0 aliphatic rings. The van der Waals surface area contributed by atoms with Gasteiger partial charge in [0.05, 0.1) is 5.75 Å². The van der Waals surface area contributed by atoms with Gasteiger partial charge in [-0.15, -0.1) is 0 Å². The number of thioether (sulfide) groups is 1. The predicted octanol–water partition coefficient (Wildman–Crippen LogP) is 2.33. The second kappa shape index (κ2) is 8.22. The molecular weight excluding hydrogens is 428 g/mol. The van der Waals surface area contributed by atoms with Crippen molar-refractivity contribution in [3.8, 4) is 0 Å². The van der Waals surface area contributed by atoms with Crippen LogP contribution >= 0.6 is 11.8 Å². The van der Waals surface area contributed by atoms with E-state index in [-0.39, 0.29) is 21.8 Å². The largest absolute Gasteiger partial charge is 0.332 e. The Balaban J connectivity index is 2.04. The smallest absolute Gasteiger partial charge is 0.320 e. The van der Waals surface area contributed by atoms with Gasteiger partial charge in [0.2, 0.25) is 5.91 Å². The minimum Gasteiger partial charge on any atom is -0.320 e. The molecule has 0 fully saturated rings. The Labute approximate surface area is 180 Å². The van der Waals surface area contributed by atoms with E-state index in [1.54, 1.807) is 0 Å². The van der Waals surface area contributed by atoms with Crippen molar-refractivity contribution in [2.45, 2.75) is 31.2 Å². The molecular formula is C20H21F2N5O3S. The van der Waals surface area contributed by atoms with Crippen LogP contribution in [-0.2, 0) is 24.3 Å². The first kappa shape index (κ1) is 22.6. The van der Waals surface area contributed by atoms with Gasteiger partial charge in [0, 0.05) is 19.5 Å². The second-order valence-corrected chi connectivity index (χ2v) is 8.90. The molecule has 0 unspecified atom stereocenters. The molecule has 0 saturated heterocycles. The average Bonchev–Trinajstić information content (AvgIpc) is 2.70. The monoisotopic (exact) mass is 449 g/mol. The number of para-hydroxylation sites is 1. The summed E-state index contributed by atoms with van der Waals surface area (Å²) < 4.78 is 29.7. The van der Waals surface area contributed by atoms with E-state index in [4.69, 9.17) is 0 Å². The van der Waals surface area contributed by atoms with Crippen molar-refractivity contribution in [1.29, 1.82) is 0 Å². The number of aryl methyl sites for hydroxylation is 1. The van der Waals surface area contributed by atoms with Crippen molar-refractivity contribution < 1.29 is 13.6 Å². The van der Waals surface area contributed by atoms with Crippen LogP contribution in [0.2, 0.25) is 0 Å². The van der Waals surface area contributed by atoms with Crippen molar-refractivity contribution in [1.82, 2.24) is 19.1 Å². The zero-order chi connectivity index (χ0) is 23.1. The lowest BCUT2D eigenvalue weighted by Gasteiger charge is -2.19. The van der Waals surface area contributed by atoms with Crippen LogP contribution in [0.25, 0.3) is 11.0 Å². The second-order valence-electron chi connectivity index (χ2n) is 7.94. The maximum Gasteiger partial charge on any atom is 0.332 e. The number of halogens is 2. The van der Waals surface area contributed by atoms with Crippen LogP contribution in [0.5, 0.6) is 0 Å². The first-order valence-corrected chi connectivity index (χ1v) is 10.2. The normalized spacial score (nSPS) is 11.7. The number of anilines is 1. The van der Waals surface area contributed by atoms with Crippen LogP contribution in [0.1, 0.15) is 26.6 Å². The number of nitrogens with one attached hydrogen (secondary N) is 1. The summed E-state index contributed by atoms with van der Waals surface area (Å²) in [6.45, 7) is 5.61. The molecule has 0 radical (unpaired) electrons. The maximum absolute atomic E-state index is 13.8. The minimum atomic E-state index is -0.898. The first-order valence-electron chi connectivity index (χ1n) is 9.26. The molecule has 164 valence electrons. The van der Waals surface area contributed by atoms with E-state index < -0.39 is 39.9 Å². The fourth-order valence-corrected chi connectivity index (χ4v) is 3.61. The topological polar surface area (TPSA) is 98.9 Å². The maximum atomic E-state index is 13.8. The van der Waals surface area contributed by atoms with E-state index in [1.807, 2.05) is 20.8 Å². The number of hydrogen-bond donors (Lipinski definition) is 1. The van der Waals surface area contributed by atoms with Gasteiger partial charge in [-0.3, -0.25) is 18.7 Å². The fraction of sp³-hybridized carbons (Fsp3) is 0.350. The van der Waals surface area contributed by atoms with Gasteiger partial charge in [-0.2, -0.15) is 0 Å². The van der Waals surface area contributed by atoms with Gasteiger partial charge >= 0.3 is 5.69 Å². The van der Waals surface area contributed by atoms with Crippen LogP contribution in [-0.4, -0.2) is 30.8 Å². The number of fused-ring (bicyclic) bond motifs is 1. The number of carbonyl (C=O) groups is 1. The molecule has 3 rings (SSSR count). The Hall–Kier alpha value is -3.08. The summed E-state index contributed by atoms with van der Waals surface area (Å²) in [5.74, 6) is -2.37. The van der Waals surface area contributed by atoms with E-state index in [2.05, 4.69) is 15.3 Å². The third kappa shape index (κ3) is 4.36. The average molecular weight is 449 g/mol. The summed E-state index contributed by atoms with van der Waals surface area (Å²) in [6, 6.07) is 3.25. The fourth-order valence-electron chi connectivity index (χ4n) is 2.80. The molecule has 0 spiro atoms. The summed E-state index contributed by atoms with van der Waals surface area (Å²) in [6.07, 6.45) is 0. The van der Waals surface area contributed by atoms with E-state index in [9.17, 15) is 23.2 Å². The zero-order valence-electron chi connectivity index (χ0n) is 17.6. The van der Waals surface area contributed by atoms with E-state index >= 15 is 0 Å². The third-order valence-electron chi connectivity index (χ3n) is 4.50. The van der Waals surface area contributed by atoms with Crippen molar-refractivity contribution >= 4 is 34.4 Å². The lowest BCUT2D eigenvalue weighted by Crippen LogP contribution is -2.38. The van der Waals surface area contributed by atoms with Crippen molar-refractivity contribution in [3.05, 3.63) is 56.5 Å². The van der Waals surface area contributed by atoms with Crippen molar-refractivity contribution in [3.63, 3.8) is 0 Å². The lowest BCUT2D eigenvalue weighted by molar-refractivity contribution is -0.113. The summed E-state index contributed by atoms with van der Waals surface area (Å²) in [4.78, 5) is 46.3. The molecule has 1 aromatic carbocycles. The molecule has 1 amide bonds. The number of nitrogens with zero attached hydrogens (tertiary/aromatic N) is 4. The molecule has 0 aliphatic heterocycles. The molecule has 31 heavy (non-hydrogen) atoms. The molecule has 2 aromatic heterocycles. The quantitative estimate of drug-likeness (QED) is 0.485. The number of amides is 1. The Bertz CT molecular complexity index is 1290. The van der Waals surface area contributed by atoms with Crippen LogP contribution in [0.4, 0.5) is 14.5 Å². The molecule has 0 bridgehead atoms. The van der Waals surface area contributed by atoms with Gasteiger partial charge in [0.15, 0.2) is 5.65 Å². The molecule has 2 heterocycles. The number of aromatic nitrogens is 4. The Morgan fingerprint density at radius 2 is 1.71 bits per heavy atom. The van der Waals surface area contributed by atoms with Crippen LogP contribution in [0, 0.1) is 11.6 Å². The predicted molar refractivity (Wildman–Crippen MR) is 114 cm³/mol. The van der Waals surface area contributed by atoms with Gasteiger partial charge in [0.1, 0.15) is 33.6 Å². The zero-order valence-corrected chi connectivity index (χ0v) is 18.4. The van der Waals surface area contributed by atoms with E-state index in [1.165, 1.54) is 24.7 Å². The van der Waals surface area contributed by atoms with Crippen LogP contribution in [0.3, 0.4) is 0 Å². The Morgan fingerprint density at radius 1 is 1.10 bits per heavy atom. The summed E-state index contributed by atoms with van der Waals surface area (Å²) in [5, 5.41) is 2.49. The van der Waals surface area contributed by atoms with Gasteiger partial charge in [-0.1, -0.05) is 38.6 Å². The van der Waals surface area contributed by atoms with Crippen LogP contribution in [0.15, 0.2) is 32.8 Å². The molecule has 0 saturated carbocycles. The molecule has 0 atom stereocenters. The van der Waals surface area contributed by atoms with Gasteiger partial charge in [0.25, 0.3) is 5.56 Å². The molecule has 11 heteroatoms. The minimum absolute atomic E-state index is 0.0903. The molecule has 0 aliphatic carbocycles. The highest BCUT2D eigenvalue weighted by molar-refractivity contribution is 8.00. The summed E-state index contributed by atoms with van der Waals surface area (Å²) in [5.41, 5.74) is -2.04. The first-order chi connectivity index (χ1) is 14.4. The van der Waals surface area contributed by atoms with E-state index in [0.717, 1.165) is 28.5 Å². The number of hydrogen-bond acceptors (Lipinski definition) is 6. The summed E-state index contributed by atoms with van der Waals surface area (Å²) >= 11 is 0.920. The van der Waals surface area contributed by atoms with Gasteiger partial charge < -0.3 is 5.32 Å². The molecule has 1 N–H and O–H groups in total. The SMILES string of the molecule is Cn1c(=O)c2c(SCC(=O)Nc3c(F)cccc3F)nc(C(C)(C)C)nc2n(C)c1=O. The highest BCUT2D eigenvalue weighted by atomic mass is 32.2. The number of rotatable bonds is 4. The van der Waals surface area contributed by atoms with Gasteiger partial charge in [-0.25, -0.2) is 23.5 Å². The van der Waals surface area contributed by atoms with Crippen molar-refractivity contribution in [2.24, 2.45) is 14.1 Å². The van der Waals surface area contributed by atoms with Crippen molar-refractivity contribution in [2.75, 3.05) is 11.1 Å². The Morgan fingerprint density at radius 3 is 2.29 bits per heavy atom. The number of carbonyl (C=O) groups excluding carboxylic acids is 1. The standard InChI is InChI=1S/C20H21F2N5O3S/c1-20(2,3)18-24-15-13(17(29)27(5)19(30)26(15)4)16(25-18)31-9-12(28)23-14-10(21)7-6-8-11(14)22/h6-8H,9H2,1-5H3,(H,23,28).